The van der Waals surface area contributed by atoms with Gasteiger partial charge in [0.1, 0.15) is 19.0 Å². The van der Waals surface area contributed by atoms with Crippen LogP contribution in [0.1, 0.15) is 5.82 Å². The first kappa shape index (κ1) is 11.0. The monoisotopic (exact) mass is 285 g/mol. The molecule has 0 radical (unpaired) electrons. The van der Waals surface area contributed by atoms with Crippen LogP contribution in [0.15, 0.2) is 16.7 Å². The van der Waals surface area contributed by atoms with Gasteiger partial charge in [-0.3, -0.25) is 0 Å². The number of halogens is 1. The maximum atomic E-state index is 10.2. The van der Waals surface area contributed by atoms with Crippen LogP contribution in [0.3, 0.4) is 0 Å². The van der Waals surface area contributed by atoms with E-state index in [1.807, 2.05) is 6.07 Å². The van der Waals surface area contributed by atoms with E-state index in [2.05, 4.69) is 30.9 Å². The molecule has 0 fully saturated rings. The van der Waals surface area contributed by atoms with Crippen molar-refractivity contribution in [2.75, 3.05) is 6.61 Å². The van der Waals surface area contributed by atoms with Crippen molar-refractivity contribution in [2.24, 2.45) is 0 Å². The third-order valence-electron chi connectivity index (χ3n) is 1.82. The van der Waals surface area contributed by atoms with Crippen LogP contribution in [0.2, 0.25) is 0 Å². The van der Waals surface area contributed by atoms with Gasteiger partial charge < -0.3 is 14.8 Å². The minimum atomic E-state index is -1.00. The maximum absolute atomic E-state index is 10.2. The molecule has 0 atom stereocenters. The number of H-pyrrole nitrogens is 1. The Labute approximate surface area is 98.8 Å². The maximum Gasteiger partial charge on any atom is 0.329 e. The number of carboxylic acid groups (broad SMARTS) is 1. The first-order valence-electron chi connectivity index (χ1n) is 4.45. The fourth-order valence-corrected chi connectivity index (χ4v) is 1.56. The summed E-state index contributed by atoms with van der Waals surface area (Å²) in [6, 6.07) is 1.84. The Morgan fingerprint density at radius 1 is 1.62 bits per heavy atom. The first-order valence-corrected chi connectivity index (χ1v) is 5.24. The Kier molecular flexibility index (Phi) is 3.16. The summed E-state index contributed by atoms with van der Waals surface area (Å²) < 4.78 is 5.76. The topological polar surface area (TPSA) is 88.1 Å². The molecule has 0 aliphatic carbocycles. The second-order valence-electron chi connectivity index (χ2n) is 3.09. The summed E-state index contributed by atoms with van der Waals surface area (Å²) >= 11 is 3.29. The molecule has 6 nitrogen and oxygen atoms in total. The molecule has 0 amide bonds. The lowest BCUT2D eigenvalue weighted by atomic mass is 10.4. The number of rotatable bonds is 4. The zero-order valence-electron chi connectivity index (χ0n) is 8.11. The van der Waals surface area contributed by atoms with Crippen LogP contribution >= 0.6 is 15.9 Å². The number of aliphatic carboxylic acids is 1. The van der Waals surface area contributed by atoms with Gasteiger partial charge in [0.25, 0.3) is 0 Å². The van der Waals surface area contributed by atoms with E-state index in [9.17, 15) is 4.79 Å². The second-order valence-corrected chi connectivity index (χ2v) is 4.01. The van der Waals surface area contributed by atoms with Crippen LogP contribution in [0.4, 0.5) is 0 Å². The zero-order chi connectivity index (χ0) is 11.5. The van der Waals surface area contributed by atoms with E-state index in [1.165, 1.54) is 0 Å². The van der Waals surface area contributed by atoms with E-state index in [1.54, 1.807) is 6.20 Å². The smallest absolute Gasteiger partial charge is 0.329 e. The van der Waals surface area contributed by atoms with Gasteiger partial charge in [-0.25, -0.2) is 14.8 Å². The van der Waals surface area contributed by atoms with Crippen LogP contribution < -0.4 is 0 Å². The number of ether oxygens (including phenoxy) is 1. The summed E-state index contributed by atoms with van der Waals surface area (Å²) in [5.41, 5.74) is 1.36. The predicted molar refractivity (Wildman–Crippen MR) is 58.9 cm³/mol. The number of aromatic amines is 1. The molecule has 0 aromatic carbocycles. The van der Waals surface area contributed by atoms with Gasteiger partial charge in [0.05, 0.1) is 5.52 Å². The summed E-state index contributed by atoms with van der Waals surface area (Å²) in [6.45, 7) is -0.214. The van der Waals surface area contributed by atoms with E-state index < -0.39 is 5.97 Å². The number of imidazole rings is 1. The summed E-state index contributed by atoms with van der Waals surface area (Å²) in [4.78, 5) is 21.4. The Balaban J connectivity index is 2.10. The highest BCUT2D eigenvalue weighted by molar-refractivity contribution is 9.10. The minimum Gasteiger partial charge on any atom is -0.480 e. The van der Waals surface area contributed by atoms with Crippen molar-refractivity contribution in [1.29, 1.82) is 0 Å². The number of nitrogens with one attached hydrogen (secondary N) is 1. The molecule has 0 unspecified atom stereocenters. The Morgan fingerprint density at radius 3 is 3.19 bits per heavy atom. The molecule has 2 aromatic heterocycles. The molecule has 0 saturated carbocycles. The Morgan fingerprint density at radius 2 is 2.44 bits per heavy atom. The number of carboxylic acids is 1. The number of nitrogens with zero attached hydrogens (tertiary/aromatic N) is 2. The number of carbonyl (C=O) groups is 1. The molecule has 2 rings (SSSR count). The molecule has 0 spiro atoms. The van der Waals surface area contributed by atoms with Crippen LogP contribution in [0.25, 0.3) is 11.2 Å². The van der Waals surface area contributed by atoms with E-state index >= 15 is 0 Å². The van der Waals surface area contributed by atoms with Crippen molar-refractivity contribution >= 4 is 33.1 Å². The largest absolute Gasteiger partial charge is 0.480 e. The van der Waals surface area contributed by atoms with Crippen molar-refractivity contribution in [3.05, 3.63) is 22.6 Å². The average Bonchev–Trinajstić information content (AvgIpc) is 2.58. The van der Waals surface area contributed by atoms with Crippen LogP contribution in [0, 0.1) is 0 Å². The lowest BCUT2D eigenvalue weighted by Gasteiger charge is -1.95. The molecule has 0 saturated heterocycles. The van der Waals surface area contributed by atoms with Crippen LogP contribution in [-0.4, -0.2) is 32.6 Å². The van der Waals surface area contributed by atoms with Gasteiger partial charge >= 0.3 is 5.97 Å². The molecule has 2 heterocycles. The van der Waals surface area contributed by atoms with Gasteiger partial charge in [-0.1, -0.05) is 0 Å². The van der Waals surface area contributed by atoms with Crippen LogP contribution in [0.5, 0.6) is 0 Å². The number of aromatic nitrogens is 3. The molecule has 84 valence electrons. The van der Waals surface area contributed by atoms with E-state index in [0.29, 0.717) is 11.5 Å². The molecular formula is C9H8BrN3O3. The quantitative estimate of drug-likeness (QED) is 0.885. The predicted octanol–water partition coefficient (Wildman–Crippen LogP) is 1.32. The summed E-state index contributed by atoms with van der Waals surface area (Å²) in [5.74, 6) is -0.446. The summed E-state index contributed by atoms with van der Waals surface area (Å²) in [5, 5.41) is 8.39. The fraction of sp³-hybridized carbons (Fsp3) is 0.222. The van der Waals surface area contributed by atoms with Crippen molar-refractivity contribution in [3.8, 4) is 0 Å². The lowest BCUT2D eigenvalue weighted by molar-refractivity contribution is -0.142. The Hall–Kier alpha value is -1.47. The van der Waals surface area contributed by atoms with Gasteiger partial charge in [0.15, 0.2) is 5.65 Å². The molecule has 7 heteroatoms. The minimum absolute atomic E-state index is 0.125. The SMILES string of the molecule is O=C(O)COCc1nc2ncc(Br)cc2[nH]1. The third kappa shape index (κ3) is 2.56. The molecule has 16 heavy (non-hydrogen) atoms. The van der Waals surface area contributed by atoms with Crippen molar-refractivity contribution in [3.63, 3.8) is 0 Å². The molecule has 2 N–H and O–H groups in total. The first-order chi connectivity index (χ1) is 7.65. The van der Waals surface area contributed by atoms with Crippen molar-refractivity contribution in [1.82, 2.24) is 15.0 Å². The normalized spacial score (nSPS) is 10.8. The summed E-state index contributed by atoms with van der Waals surface area (Å²) in [6.07, 6.45) is 1.64. The van der Waals surface area contributed by atoms with E-state index in [0.717, 1.165) is 9.99 Å². The molecule has 0 aliphatic rings. The van der Waals surface area contributed by atoms with E-state index in [4.69, 9.17) is 9.84 Å². The Bertz CT molecular complexity index is 526. The van der Waals surface area contributed by atoms with Gasteiger partial charge in [-0.2, -0.15) is 0 Å². The third-order valence-corrected chi connectivity index (χ3v) is 2.25. The highest BCUT2D eigenvalue weighted by Crippen LogP contribution is 2.15. The van der Waals surface area contributed by atoms with Gasteiger partial charge in [-0.15, -0.1) is 0 Å². The lowest BCUT2D eigenvalue weighted by Crippen LogP contribution is -2.07. The molecule has 0 bridgehead atoms. The second kappa shape index (κ2) is 4.58. The number of fused-ring (bicyclic) bond motifs is 1. The number of pyridine rings is 1. The van der Waals surface area contributed by atoms with Crippen molar-refractivity contribution in [2.45, 2.75) is 6.61 Å². The van der Waals surface area contributed by atoms with Crippen molar-refractivity contribution < 1.29 is 14.6 Å². The average molecular weight is 286 g/mol. The zero-order valence-corrected chi connectivity index (χ0v) is 9.69. The van der Waals surface area contributed by atoms with Gasteiger partial charge in [0, 0.05) is 10.7 Å². The molecule has 0 aliphatic heterocycles. The molecular weight excluding hydrogens is 278 g/mol. The highest BCUT2D eigenvalue weighted by Gasteiger charge is 2.05. The van der Waals surface area contributed by atoms with Gasteiger partial charge in [0.2, 0.25) is 0 Å². The van der Waals surface area contributed by atoms with Gasteiger partial charge in [-0.05, 0) is 22.0 Å². The van der Waals surface area contributed by atoms with Crippen LogP contribution in [-0.2, 0) is 16.1 Å². The van der Waals surface area contributed by atoms with E-state index in [-0.39, 0.29) is 13.2 Å². The number of hydrogen-bond acceptors (Lipinski definition) is 4. The highest BCUT2D eigenvalue weighted by atomic mass is 79.9. The molecule has 2 aromatic rings. The number of hydrogen-bond donors (Lipinski definition) is 2. The summed E-state index contributed by atoms with van der Waals surface area (Å²) in [7, 11) is 0. The fourth-order valence-electron chi connectivity index (χ4n) is 1.23. The standard InChI is InChI=1S/C9H8BrN3O3/c10-5-1-6-9(11-2-5)13-7(12-6)3-16-4-8(14)15/h1-2H,3-4H2,(H,14,15)(H,11,12,13).